The van der Waals surface area contributed by atoms with E-state index in [0.717, 1.165) is 32.2 Å². The lowest BCUT2D eigenvalue weighted by atomic mass is 10.0. The molecule has 4 nitrogen and oxygen atoms in total. The summed E-state index contributed by atoms with van der Waals surface area (Å²) in [6, 6.07) is 2.05. The molecule has 0 saturated carbocycles. The van der Waals surface area contributed by atoms with Gasteiger partial charge in [-0.1, -0.05) is 6.42 Å². The fourth-order valence-corrected chi connectivity index (χ4v) is 1.58. The van der Waals surface area contributed by atoms with Crippen molar-refractivity contribution >= 4 is 5.91 Å². The average molecular weight is 195 g/mol. The molecule has 1 rings (SSSR count). The average Bonchev–Trinajstić information content (AvgIpc) is 2.25. The van der Waals surface area contributed by atoms with Gasteiger partial charge in [0.2, 0.25) is 5.91 Å². The van der Waals surface area contributed by atoms with Crippen LogP contribution in [0.3, 0.4) is 0 Å². The van der Waals surface area contributed by atoms with E-state index in [4.69, 9.17) is 5.26 Å². The highest BCUT2D eigenvalue weighted by Crippen LogP contribution is 2.06. The van der Waals surface area contributed by atoms with E-state index in [0.29, 0.717) is 13.0 Å². The predicted molar refractivity (Wildman–Crippen MR) is 53.5 cm³/mol. The van der Waals surface area contributed by atoms with E-state index >= 15 is 0 Å². The molecule has 1 aliphatic rings. The lowest BCUT2D eigenvalue weighted by molar-refractivity contribution is -0.123. The van der Waals surface area contributed by atoms with Crippen LogP contribution in [0, 0.1) is 11.3 Å². The summed E-state index contributed by atoms with van der Waals surface area (Å²) in [6.07, 6.45) is 4.49. The van der Waals surface area contributed by atoms with E-state index in [9.17, 15) is 4.79 Å². The normalized spacial score (nSPS) is 21.2. The molecule has 0 aliphatic carbocycles. The fraction of sp³-hybridized carbons (Fsp3) is 0.800. The summed E-state index contributed by atoms with van der Waals surface area (Å²) in [4.78, 5) is 11.5. The highest BCUT2D eigenvalue weighted by molar-refractivity contribution is 5.81. The first-order valence-corrected chi connectivity index (χ1v) is 5.22. The topological polar surface area (TPSA) is 64.9 Å². The Bertz CT molecular complexity index is 216. The van der Waals surface area contributed by atoms with Crippen LogP contribution in [0.4, 0.5) is 0 Å². The van der Waals surface area contributed by atoms with Gasteiger partial charge in [0, 0.05) is 13.0 Å². The molecule has 78 valence electrons. The third-order valence-corrected chi connectivity index (χ3v) is 2.39. The second-order valence-corrected chi connectivity index (χ2v) is 3.56. The molecule has 4 heteroatoms. The first-order valence-electron chi connectivity index (χ1n) is 5.22. The van der Waals surface area contributed by atoms with E-state index in [-0.39, 0.29) is 11.9 Å². The number of nitriles is 1. The summed E-state index contributed by atoms with van der Waals surface area (Å²) >= 11 is 0. The summed E-state index contributed by atoms with van der Waals surface area (Å²) in [5, 5.41) is 14.3. The first-order chi connectivity index (χ1) is 6.84. The summed E-state index contributed by atoms with van der Waals surface area (Å²) in [5.41, 5.74) is 0. The largest absolute Gasteiger partial charge is 0.355 e. The molecule has 14 heavy (non-hydrogen) atoms. The smallest absolute Gasteiger partial charge is 0.237 e. The molecule has 2 N–H and O–H groups in total. The van der Waals surface area contributed by atoms with E-state index < -0.39 is 0 Å². The molecule has 1 atom stereocenters. The van der Waals surface area contributed by atoms with Crippen LogP contribution in [0.1, 0.15) is 32.1 Å². The maximum atomic E-state index is 11.5. The Hall–Kier alpha value is -1.08. The lowest BCUT2D eigenvalue weighted by Crippen LogP contribution is -2.46. The van der Waals surface area contributed by atoms with Gasteiger partial charge < -0.3 is 10.6 Å². The Morgan fingerprint density at radius 3 is 3.07 bits per heavy atom. The zero-order chi connectivity index (χ0) is 10.2. The number of hydrogen-bond acceptors (Lipinski definition) is 3. The van der Waals surface area contributed by atoms with E-state index in [1.54, 1.807) is 0 Å². The minimum absolute atomic E-state index is 0.00849. The Labute approximate surface area is 84.7 Å². The number of nitrogens with zero attached hydrogens (tertiary/aromatic N) is 1. The Morgan fingerprint density at radius 2 is 2.43 bits per heavy atom. The third-order valence-electron chi connectivity index (χ3n) is 2.39. The Kier molecular flexibility index (Phi) is 5.02. The molecule has 1 aliphatic heterocycles. The van der Waals surface area contributed by atoms with Crippen molar-refractivity contribution in [3.8, 4) is 6.07 Å². The number of nitrogens with one attached hydrogen (secondary N) is 2. The second kappa shape index (κ2) is 6.39. The first kappa shape index (κ1) is 11.0. The molecule has 0 aromatic heterocycles. The lowest BCUT2D eigenvalue weighted by Gasteiger charge is -2.22. The molecule has 0 unspecified atom stereocenters. The number of carbonyl (C=O) groups excluding carboxylic acids is 1. The second-order valence-electron chi connectivity index (χ2n) is 3.56. The van der Waals surface area contributed by atoms with Gasteiger partial charge in [-0.2, -0.15) is 5.26 Å². The van der Waals surface area contributed by atoms with Gasteiger partial charge >= 0.3 is 0 Å². The number of piperidine rings is 1. The highest BCUT2D eigenvalue weighted by Gasteiger charge is 2.19. The van der Waals surface area contributed by atoms with E-state index in [1.807, 2.05) is 0 Å². The summed E-state index contributed by atoms with van der Waals surface area (Å²) in [5.74, 6) is 0.0858. The molecule has 1 fully saturated rings. The number of hydrogen-bond donors (Lipinski definition) is 2. The van der Waals surface area contributed by atoms with Gasteiger partial charge in [0.15, 0.2) is 0 Å². The van der Waals surface area contributed by atoms with Crippen molar-refractivity contribution < 1.29 is 4.79 Å². The molecule has 0 aromatic rings. The van der Waals surface area contributed by atoms with Gasteiger partial charge in [0.05, 0.1) is 12.1 Å². The summed E-state index contributed by atoms with van der Waals surface area (Å²) < 4.78 is 0. The van der Waals surface area contributed by atoms with Crippen LogP contribution in [0.15, 0.2) is 0 Å². The van der Waals surface area contributed by atoms with Crippen LogP contribution in [-0.2, 0) is 4.79 Å². The van der Waals surface area contributed by atoms with Crippen molar-refractivity contribution in [1.82, 2.24) is 10.6 Å². The van der Waals surface area contributed by atoms with Gasteiger partial charge in [-0.05, 0) is 25.8 Å². The molecular weight excluding hydrogens is 178 g/mol. The van der Waals surface area contributed by atoms with Gasteiger partial charge in [-0.15, -0.1) is 0 Å². The van der Waals surface area contributed by atoms with Crippen molar-refractivity contribution in [2.75, 3.05) is 13.1 Å². The Morgan fingerprint density at radius 1 is 1.57 bits per heavy atom. The van der Waals surface area contributed by atoms with Crippen LogP contribution in [0.5, 0.6) is 0 Å². The number of rotatable bonds is 4. The summed E-state index contributed by atoms with van der Waals surface area (Å²) in [7, 11) is 0. The van der Waals surface area contributed by atoms with Crippen LogP contribution in [0.2, 0.25) is 0 Å². The SMILES string of the molecule is N#CCCCNC(=O)[C@@H]1CCCCN1. The zero-order valence-corrected chi connectivity index (χ0v) is 8.38. The molecule has 0 radical (unpaired) electrons. The van der Waals surface area contributed by atoms with Crippen LogP contribution < -0.4 is 10.6 Å². The molecule has 1 heterocycles. The fourth-order valence-electron chi connectivity index (χ4n) is 1.58. The van der Waals surface area contributed by atoms with E-state index in [2.05, 4.69) is 16.7 Å². The quantitative estimate of drug-likeness (QED) is 0.644. The third kappa shape index (κ3) is 3.75. The van der Waals surface area contributed by atoms with E-state index in [1.165, 1.54) is 0 Å². The molecule has 0 spiro atoms. The molecule has 1 amide bonds. The van der Waals surface area contributed by atoms with Crippen molar-refractivity contribution in [2.45, 2.75) is 38.1 Å². The molecule has 0 aromatic carbocycles. The Balaban J connectivity index is 2.11. The van der Waals surface area contributed by atoms with Crippen molar-refractivity contribution in [3.63, 3.8) is 0 Å². The van der Waals surface area contributed by atoms with Crippen LogP contribution >= 0.6 is 0 Å². The number of unbranched alkanes of at least 4 members (excludes halogenated alkanes) is 1. The van der Waals surface area contributed by atoms with Crippen molar-refractivity contribution in [2.24, 2.45) is 0 Å². The molecule has 1 saturated heterocycles. The number of amides is 1. The highest BCUT2D eigenvalue weighted by atomic mass is 16.2. The maximum absolute atomic E-state index is 11.5. The standard InChI is InChI=1S/C10H17N3O/c11-6-2-4-8-13-10(14)9-5-1-3-7-12-9/h9,12H,1-5,7-8H2,(H,13,14)/t9-/m0/s1. The summed E-state index contributed by atoms with van der Waals surface area (Å²) in [6.45, 7) is 1.56. The minimum Gasteiger partial charge on any atom is -0.355 e. The van der Waals surface area contributed by atoms with Crippen LogP contribution in [-0.4, -0.2) is 25.0 Å². The van der Waals surface area contributed by atoms with Gasteiger partial charge in [0.1, 0.15) is 0 Å². The van der Waals surface area contributed by atoms with Crippen LogP contribution in [0.25, 0.3) is 0 Å². The molecular formula is C10H17N3O. The zero-order valence-electron chi connectivity index (χ0n) is 8.38. The number of carbonyl (C=O) groups is 1. The van der Waals surface area contributed by atoms with Gasteiger partial charge in [0.25, 0.3) is 0 Å². The van der Waals surface area contributed by atoms with Gasteiger partial charge in [-0.3, -0.25) is 4.79 Å². The van der Waals surface area contributed by atoms with Crippen molar-refractivity contribution in [1.29, 1.82) is 5.26 Å². The maximum Gasteiger partial charge on any atom is 0.237 e. The minimum atomic E-state index is -0.00849. The molecule has 0 bridgehead atoms. The van der Waals surface area contributed by atoms with Crippen molar-refractivity contribution in [3.05, 3.63) is 0 Å². The van der Waals surface area contributed by atoms with Gasteiger partial charge in [-0.25, -0.2) is 0 Å². The predicted octanol–water partition coefficient (Wildman–Crippen LogP) is 0.548. The monoisotopic (exact) mass is 195 g/mol.